The summed E-state index contributed by atoms with van der Waals surface area (Å²) in [5.41, 5.74) is 1.01. The number of benzene rings is 1. The molecule has 0 amide bonds. The van der Waals surface area contributed by atoms with Gasteiger partial charge in [-0.15, -0.1) is 11.3 Å². The molecule has 1 aromatic carbocycles. The molecule has 26 heavy (non-hydrogen) atoms. The minimum absolute atomic E-state index is 0.116. The topological polar surface area (TPSA) is 80.8 Å². The molecule has 1 saturated heterocycles. The highest BCUT2D eigenvalue weighted by Crippen LogP contribution is 2.33. The monoisotopic (exact) mass is 395 g/mol. The van der Waals surface area contributed by atoms with E-state index in [1.807, 2.05) is 5.38 Å². The van der Waals surface area contributed by atoms with E-state index in [2.05, 4.69) is 14.6 Å². The second kappa shape index (κ2) is 7.51. The van der Waals surface area contributed by atoms with Crippen molar-refractivity contribution in [3.8, 4) is 11.5 Å². The lowest BCUT2D eigenvalue weighted by molar-refractivity contribution is 0.174. The van der Waals surface area contributed by atoms with E-state index in [1.165, 1.54) is 42.7 Å². The van der Waals surface area contributed by atoms with E-state index < -0.39 is 10.0 Å². The van der Waals surface area contributed by atoms with Crippen molar-refractivity contribution in [2.45, 2.75) is 37.2 Å². The minimum atomic E-state index is -3.63. The molecule has 4 rings (SSSR count). The third-order valence-corrected chi connectivity index (χ3v) is 6.80. The molecule has 9 heteroatoms. The molecule has 0 saturated carbocycles. The van der Waals surface area contributed by atoms with Crippen LogP contribution < -0.4 is 14.2 Å². The van der Waals surface area contributed by atoms with Gasteiger partial charge in [0.05, 0.1) is 17.1 Å². The summed E-state index contributed by atoms with van der Waals surface area (Å²) in [6.07, 6.45) is 3.79. The lowest BCUT2D eigenvalue weighted by Gasteiger charge is -2.25. The number of hydrogen-bond donors (Lipinski definition) is 1. The quantitative estimate of drug-likeness (QED) is 0.809. The van der Waals surface area contributed by atoms with Crippen molar-refractivity contribution in [2.24, 2.45) is 0 Å². The van der Waals surface area contributed by atoms with Gasteiger partial charge in [-0.05, 0) is 38.1 Å². The molecule has 0 atom stereocenters. The van der Waals surface area contributed by atoms with Gasteiger partial charge in [-0.1, -0.05) is 6.42 Å². The van der Waals surface area contributed by atoms with Gasteiger partial charge in [0.2, 0.25) is 16.8 Å². The zero-order valence-electron chi connectivity index (χ0n) is 14.3. The molecule has 140 valence electrons. The highest BCUT2D eigenvalue weighted by molar-refractivity contribution is 7.89. The third-order valence-electron chi connectivity index (χ3n) is 4.50. The first-order chi connectivity index (χ1) is 12.6. The van der Waals surface area contributed by atoms with Crippen LogP contribution >= 0.6 is 11.3 Å². The molecule has 0 bridgehead atoms. The summed E-state index contributed by atoms with van der Waals surface area (Å²) in [5, 5.41) is 2.78. The molecule has 1 aromatic heterocycles. The number of nitrogens with zero attached hydrogens (tertiary/aromatic N) is 2. The molecule has 0 spiro atoms. The van der Waals surface area contributed by atoms with Gasteiger partial charge in [0.15, 0.2) is 11.5 Å². The first kappa shape index (κ1) is 17.7. The summed E-state index contributed by atoms with van der Waals surface area (Å²) < 4.78 is 38.0. The van der Waals surface area contributed by atoms with Gasteiger partial charge in [-0.25, -0.2) is 18.1 Å². The van der Waals surface area contributed by atoms with Crippen LogP contribution in [0.25, 0.3) is 0 Å². The van der Waals surface area contributed by atoms with Crippen molar-refractivity contribution < 1.29 is 17.9 Å². The van der Waals surface area contributed by atoms with E-state index >= 15 is 0 Å². The number of fused-ring (bicyclic) bond motifs is 1. The first-order valence-corrected chi connectivity index (χ1v) is 11.0. The fourth-order valence-corrected chi connectivity index (χ4v) is 4.95. The predicted molar refractivity (Wildman–Crippen MR) is 97.8 cm³/mol. The van der Waals surface area contributed by atoms with Crippen LogP contribution in [0, 0.1) is 0 Å². The molecule has 2 aliphatic heterocycles. The second-order valence-corrected chi connectivity index (χ2v) is 9.12. The lowest BCUT2D eigenvalue weighted by atomic mass is 10.1. The molecular weight excluding hydrogens is 374 g/mol. The van der Waals surface area contributed by atoms with E-state index in [1.54, 1.807) is 6.07 Å². The number of rotatable bonds is 6. The van der Waals surface area contributed by atoms with Crippen molar-refractivity contribution in [1.82, 2.24) is 14.6 Å². The molecule has 7 nitrogen and oxygen atoms in total. The Balaban J connectivity index is 1.37. The standard InChI is InChI=1S/C17H21N3O4S2/c21-26(22,14-4-5-15-16(8-14)24-12-23-15)18-9-17-19-13(11-25-17)10-20-6-2-1-3-7-20/h4-5,8,11,18H,1-3,6-7,9-10,12H2. The Hall–Kier alpha value is -1.68. The molecule has 0 unspecified atom stereocenters. The zero-order valence-corrected chi connectivity index (χ0v) is 15.9. The van der Waals surface area contributed by atoms with E-state index in [-0.39, 0.29) is 18.2 Å². The van der Waals surface area contributed by atoms with Crippen molar-refractivity contribution in [3.63, 3.8) is 0 Å². The number of hydrogen-bond acceptors (Lipinski definition) is 7. The van der Waals surface area contributed by atoms with Crippen LogP contribution in [0.5, 0.6) is 11.5 Å². The van der Waals surface area contributed by atoms with Gasteiger partial charge < -0.3 is 9.47 Å². The van der Waals surface area contributed by atoms with Gasteiger partial charge in [0, 0.05) is 18.0 Å². The Labute approximate surface area is 157 Å². The molecule has 0 aliphatic carbocycles. The highest BCUT2D eigenvalue weighted by atomic mass is 32.2. The van der Waals surface area contributed by atoms with E-state index in [4.69, 9.17) is 9.47 Å². The van der Waals surface area contributed by atoms with E-state index in [9.17, 15) is 8.42 Å². The van der Waals surface area contributed by atoms with Crippen molar-refractivity contribution in [3.05, 3.63) is 34.3 Å². The van der Waals surface area contributed by atoms with Crippen LogP contribution in [0.4, 0.5) is 0 Å². The van der Waals surface area contributed by atoms with Crippen LogP contribution in [-0.2, 0) is 23.1 Å². The van der Waals surface area contributed by atoms with Gasteiger partial charge in [0.1, 0.15) is 5.01 Å². The first-order valence-electron chi connectivity index (χ1n) is 8.65. The summed E-state index contributed by atoms with van der Waals surface area (Å²) >= 11 is 1.48. The van der Waals surface area contributed by atoms with E-state index in [0.717, 1.165) is 30.3 Å². The molecule has 1 N–H and O–H groups in total. The average molecular weight is 396 g/mol. The Bertz CT molecular complexity index is 876. The van der Waals surface area contributed by atoms with Gasteiger partial charge in [0.25, 0.3) is 0 Å². The lowest BCUT2D eigenvalue weighted by Crippen LogP contribution is -2.29. The third kappa shape index (κ3) is 4.01. The second-order valence-electron chi connectivity index (χ2n) is 6.41. The van der Waals surface area contributed by atoms with Crippen molar-refractivity contribution in [2.75, 3.05) is 19.9 Å². The summed E-state index contributed by atoms with van der Waals surface area (Å²) in [6, 6.07) is 4.60. The maximum absolute atomic E-state index is 12.5. The number of sulfonamides is 1. The van der Waals surface area contributed by atoms with Gasteiger partial charge >= 0.3 is 0 Å². The number of aromatic nitrogens is 1. The van der Waals surface area contributed by atoms with Crippen LogP contribution in [0.1, 0.15) is 30.0 Å². The normalized spacial score (nSPS) is 17.5. The maximum Gasteiger partial charge on any atom is 0.241 e. The van der Waals surface area contributed by atoms with Crippen LogP contribution in [0.2, 0.25) is 0 Å². The molecule has 2 aromatic rings. The SMILES string of the molecule is O=S(=O)(NCc1nc(CN2CCCCC2)cs1)c1ccc2c(c1)OCO2. The fourth-order valence-electron chi connectivity index (χ4n) is 3.13. The smallest absolute Gasteiger partial charge is 0.241 e. The van der Waals surface area contributed by atoms with Gasteiger partial charge in [-0.2, -0.15) is 0 Å². The Morgan fingerprint density at radius 1 is 1.15 bits per heavy atom. The predicted octanol–water partition coefficient (Wildman–Crippen LogP) is 2.34. The summed E-state index contributed by atoms with van der Waals surface area (Å²) in [7, 11) is -3.63. The van der Waals surface area contributed by atoms with E-state index in [0.29, 0.717) is 11.5 Å². The summed E-state index contributed by atoms with van der Waals surface area (Å²) in [4.78, 5) is 7.13. The molecule has 1 fully saturated rings. The van der Waals surface area contributed by atoms with Gasteiger partial charge in [-0.3, -0.25) is 4.90 Å². The Morgan fingerprint density at radius 2 is 1.96 bits per heavy atom. The molecule has 3 heterocycles. The largest absolute Gasteiger partial charge is 0.454 e. The van der Waals surface area contributed by atoms with Crippen LogP contribution in [0.3, 0.4) is 0 Å². The zero-order chi connectivity index (χ0) is 18.0. The number of likely N-dealkylation sites (tertiary alicyclic amines) is 1. The van der Waals surface area contributed by atoms with Crippen molar-refractivity contribution in [1.29, 1.82) is 0 Å². The minimum Gasteiger partial charge on any atom is -0.454 e. The van der Waals surface area contributed by atoms with Crippen molar-refractivity contribution >= 4 is 21.4 Å². The molecular formula is C17H21N3O4S2. The molecule has 0 radical (unpaired) electrons. The fraction of sp³-hybridized carbons (Fsp3) is 0.471. The molecule has 2 aliphatic rings. The number of nitrogens with one attached hydrogen (secondary N) is 1. The highest BCUT2D eigenvalue weighted by Gasteiger charge is 2.20. The number of thiazole rings is 1. The summed E-state index contributed by atoms with van der Waals surface area (Å²) in [5.74, 6) is 1.01. The average Bonchev–Trinajstić information content (AvgIpc) is 3.29. The number of piperidine rings is 1. The Morgan fingerprint density at radius 3 is 2.81 bits per heavy atom. The van der Waals surface area contributed by atoms with Crippen LogP contribution in [-0.4, -0.2) is 38.2 Å². The van der Waals surface area contributed by atoms with Crippen LogP contribution in [0.15, 0.2) is 28.5 Å². The Kier molecular flexibility index (Phi) is 5.12. The maximum atomic E-state index is 12.5. The number of ether oxygens (including phenoxy) is 2. The summed E-state index contributed by atoms with van der Waals surface area (Å²) in [6.45, 7) is 3.37.